The van der Waals surface area contributed by atoms with Crippen molar-refractivity contribution in [1.82, 2.24) is 0 Å². The van der Waals surface area contributed by atoms with Crippen LogP contribution < -0.4 is 0 Å². The summed E-state index contributed by atoms with van der Waals surface area (Å²) in [5, 5.41) is 9.07. The van der Waals surface area contributed by atoms with Crippen LogP contribution in [0.4, 0.5) is 0 Å². The molecule has 1 N–H and O–H groups in total. The molecule has 2 nitrogen and oxygen atoms in total. The number of rotatable bonds is 12. The second-order valence-corrected chi connectivity index (χ2v) is 7.19. The lowest BCUT2D eigenvalue weighted by Crippen LogP contribution is -2.20. The van der Waals surface area contributed by atoms with Crippen LogP contribution in [-0.4, -0.2) is 40.5 Å². The van der Waals surface area contributed by atoms with Crippen molar-refractivity contribution >= 4 is 23.5 Å². The summed E-state index contributed by atoms with van der Waals surface area (Å²) in [4.78, 5) is 0. The van der Waals surface area contributed by atoms with Crippen molar-refractivity contribution in [3.05, 3.63) is 0 Å². The van der Waals surface area contributed by atoms with Crippen LogP contribution in [0.3, 0.4) is 0 Å². The Hall–Kier alpha value is 0.620. The Morgan fingerprint density at radius 3 is 2.24 bits per heavy atom. The number of aliphatic hydroxyl groups excluding tert-OH is 1. The first kappa shape index (κ1) is 17.6. The third kappa shape index (κ3) is 10.2. The van der Waals surface area contributed by atoms with Gasteiger partial charge < -0.3 is 9.84 Å². The second-order valence-electron chi connectivity index (χ2n) is 3.93. The fourth-order valence-electron chi connectivity index (χ4n) is 1.58. The van der Waals surface area contributed by atoms with Crippen LogP contribution in [0.25, 0.3) is 0 Å². The molecule has 0 aromatic carbocycles. The van der Waals surface area contributed by atoms with Gasteiger partial charge in [-0.05, 0) is 30.8 Å². The minimum absolute atomic E-state index is 0.231. The Labute approximate surface area is 115 Å². The van der Waals surface area contributed by atoms with Crippen molar-refractivity contribution in [2.45, 2.75) is 57.1 Å². The summed E-state index contributed by atoms with van der Waals surface area (Å²) in [5.41, 5.74) is 0. The summed E-state index contributed by atoms with van der Waals surface area (Å²) in [5.74, 6) is 2.30. The van der Waals surface area contributed by atoms with Crippen LogP contribution in [0.1, 0.15) is 46.5 Å². The lowest BCUT2D eigenvalue weighted by atomic mass is 10.2. The zero-order valence-electron chi connectivity index (χ0n) is 11.5. The van der Waals surface area contributed by atoms with Crippen LogP contribution in [0, 0.1) is 0 Å². The molecule has 1 atom stereocenters. The van der Waals surface area contributed by atoms with Gasteiger partial charge in [-0.1, -0.05) is 27.2 Å². The highest BCUT2D eigenvalue weighted by Gasteiger charge is 2.16. The molecule has 0 bridgehead atoms. The zero-order valence-corrected chi connectivity index (χ0v) is 13.1. The Bertz CT molecular complexity index is 150. The van der Waals surface area contributed by atoms with Crippen LogP contribution in [0.15, 0.2) is 0 Å². The topological polar surface area (TPSA) is 29.5 Å². The summed E-state index contributed by atoms with van der Waals surface area (Å²) in [6, 6.07) is 0. The monoisotopic (exact) mass is 280 g/mol. The molecule has 0 fully saturated rings. The van der Waals surface area contributed by atoms with Gasteiger partial charge in [0.05, 0.1) is 10.7 Å². The summed E-state index contributed by atoms with van der Waals surface area (Å²) in [6.07, 6.45) is 4.35. The SMILES string of the molecule is CCCCO[C@H](CCO)CC(SCC)SCC. The maximum Gasteiger partial charge on any atom is 0.0615 e. The third-order valence-electron chi connectivity index (χ3n) is 2.46. The van der Waals surface area contributed by atoms with Gasteiger partial charge in [0, 0.05) is 13.2 Å². The Kier molecular flexibility index (Phi) is 13.5. The Balaban J connectivity index is 3.98. The van der Waals surface area contributed by atoms with E-state index in [1.807, 2.05) is 23.5 Å². The molecular weight excluding hydrogens is 252 g/mol. The molecule has 0 radical (unpaired) electrons. The van der Waals surface area contributed by atoms with E-state index >= 15 is 0 Å². The van der Waals surface area contributed by atoms with Crippen LogP contribution >= 0.6 is 23.5 Å². The van der Waals surface area contributed by atoms with Gasteiger partial charge in [0.2, 0.25) is 0 Å². The smallest absolute Gasteiger partial charge is 0.0615 e. The summed E-state index contributed by atoms with van der Waals surface area (Å²) >= 11 is 3.99. The maximum absolute atomic E-state index is 9.07. The van der Waals surface area contributed by atoms with E-state index in [9.17, 15) is 0 Å². The van der Waals surface area contributed by atoms with Gasteiger partial charge in [-0.2, -0.15) is 0 Å². The maximum atomic E-state index is 9.07. The summed E-state index contributed by atoms with van der Waals surface area (Å²) in [7, 11) is 0. The molecule has 104 valence electrons. The molecule has 0 aliphatic rings. The van der Waals surface area contributed by atoms with E-state index in [1.165, 1.54) is 6.42 Å². The highest BCUT2D eigenvalue weighted by molar-refractivity contribution is 8.16. The zero-order chi connectivity index (χ0) is 12.9. The van der Waals surface area contributed by atoms with Crippen LogP contribution in [0.5, 0.6) is 0 Å². The molecule has 17 heavy (non-hydrogen) atoms. The van der Waals surface area contributed by atoms with E-state index in [-0.39, 0.29) is 12.7 Å². The van der Waals surface area contributed by atoms with Gasteiger partial charge in [-0.15, -0.1) is 23.5 Å². The average Bonchev–Trinajstić information content (AvgIpc) is 2.30. The quantitative estimate of drug-likeness (QED) is 0.435. The van der Waals surface area contributed by atoms with Crippen molar-refractivity contribution < 1.29 is 9.84 Å². The largest absolute Gasteiger partial charge is 0.396 e. The predicted octanol–water partition coefficient (Wildman–Crippen LogP) is 3.78. The first-order chi connectivity index (χ1) is 8.28. The Morgan fingerprint density at radius 1 is 1.12 bits per heavy atom. The first-order valence-electron chi connectivity index (χ1n) is 6.74. The highest BCUT2D eigenvalue weighted by Crippen LogP contribution is 2.29. The van der Waals surface area contributed by atoms with E-state index in [4.69, 9.17) is 9.84 Å². The number of unbranched alkanes of at least 4 members (excludes halogenated alkanes) is 1. The molecule has 0 aromatic heterocycles. The van der Waals surface area contributed by atoms with E-state index < -0.39 is 0 Å². The molecule has 0 aliphatic heterocycles. The van der Waals surface area contributed by atoms with E-state index in [1.54, 1.807) is 0 Å². The van der Waals surface area contributed by atoms with Crippen molar-refractivity contribution in [1.29, 1.82) is 0 Å². The van der Waals surface area contributed by atoms with Gasteiger partial charge in [-0.25, -0.2) is 0 Å². The number of hydrogen-bond donors (Lipinski definition) is 1. The molecule has 0 saturated heterocycles. The molecule has 0 saturated carbocycles. The van der Waals surface area contributed by atoms with Crippen molar-refractivity contribution in [3.8, 4) is 0 Å². The van der Waals surface area contributed by atoms with Crippen molar-refractivity contribution in [2.75, 3.05) is 24.7 Å². The van der Waals surface area contributed by atoms with Crippen LogP contribution in [-0.2, 0) is 4.74 Å². The fourth-order valence-corrected chi connectivity index (χ4v) is 4.22. The van der Waals surface area contributed by atoms with Crippen LogP contribution in [0.2, 0.25) is 0 Å². The Morgan fingerprint density at radius 2 is 1.76 bits per heavy atom. The van der Waals surface area contributed by atoms with Crippen molar-refractivity contribution in [3.63, 3.8) is 0 Å². The average molecular weight is 280 g/mol. The fraction of sp³-hybridized carbons (Fsp3) is 1.00. The molecule has 0 amide bonds. The van der Waals surface area contributed by atoms with Gasteiger partial charge in [0.25, 0.3) is 0 Å². The number of thioether (sulfide) groups is 2. The number of aliphatic hydroxyl groups is 1. The summed E-state index contributed by atoms with van der Waals surface area (Å²) < 4.78 is 6.47. The highest BCUT2D eigenvalue weighted by atomic mass is 32.2. The van der Waals surface area contributed by atoms with Gasteiger partial charge in [-0.3, -0.25) is 0 Å². The molecule has 0 aromatic rings. The molecule has 0 spiro atoms. The lowest BCUT2D eigenvalue weighted by molar-refractivity contribution is 0.0315. The molecule has 0 heterocycles. The second kappa shape index (κ2) is 13.1. The minimum Gasteiger partial charge on any atom is -0.396 e. The molecule has 0 unspecified atom stereocenters. The predicted molar refractivity (Wildman–Crippen MR) is 81.0 cm³/mol. The summed E-state index contributed by atoms with van der Waals surface area (Å²) in [6.45, 7) is 7.64. The van der Waals surface area contributed by atoms with E-state index in [0.29, 0.717) is 4.58 Å². The van der Waals surface area contributed by atoms with Gasteiger partial charge >= 0.3 is 0 Å². The van der Waals surface area contributed by atoms with Gasteiger partial charge in [0.1, 0.15) is 0 Å². The van der Waals surface area contributed by atoms with E-state index in [2.05, 4.69) is 20.8 Å². The molecular formula is C13H28O2S2. The third-order valence-corrected chi connectivity index (χ3v) is 5.07. The minimum atomic E-state index is 0.231. The molecule has 0 aliphatic carbocycles. The van der Waals surface area contributed by atoms with Gasteiger partial charge in [0.15, 0.2) is 0 Å². The van der Waals surface area contributed by atoms with E-state index in [0.717, 1.165) is 37.4 Å². The molecule has 4 heteroatoms. The van der Waals surface area contributed by atoms with Crippen molar-refractivity contribution in [2.24, 2.45) is 0 Å². The normalized spacial score (nSPS) is 13.2. The lowest BCUT2D eigenvalue weighted by Gasteiger charge is -2.22. The number of hydrogen-bond acceptors (Lipinski definition) is 4. The molecule has 0 rings (SSSR count). The standard InChI is InChI=1S/C13H28O2S2/c1-4-7-10-15-12(8-9-14)11-13(16-5-2)17-6-3/h12-14H,4-11H2,1-3H3/t12-/m1/s1. The first-order valence-corrected chi connectivity index (χ1v) is 8.83. The number of ether oxygens (including phenoxy) is 1.